The van der Waals surface area contributed by atoms with Gasteiger partial charge >= 0.3 is 0 Å². The third-order valence-electron chi connectivity index (χ3n) is 6.07. The zero-order chi connectivity index (χ0) is 21.2. The zero-order valence-electron chi connectivity index (χ0n) is 17.6. The molecule has 1 atom stereocenters. The second-order valence-electron chi connectivity index (χ2n) is 8.04. The molecule has 1 aliphatic rings. The average molecular weight is 408 g/mol. The Morgan fingerprint density at radius 1 is 0.935 bits per heavy atom. The lowest BCUT2D eigenvalue weighted by molar-refractivity contribution is 0.0932. The van der Waals surface area contributed by atoms with Gasteiger partial charge in [-0.25, -0.2) is 4.68 Å². The highest BCUT2D eigenvalue weighted by molar-refractivity contribution is 6.01. The van der Waals surface area contributed by atoms with Gasteiger partial charge in [0.1, 0.15) is 5.69 Å². The number of fused-ring (bicyclic) bond motifs is 1. The molecule has 0 saturated heterocycles. The van der Waals surface area contributed by atoms with E-state index in [4.69, 9.17) is 5.10 Å². The van der Waals surface area contributed by atoms with Gasteiger partial charge in [-0.3, -0.25) is 4.79 Å². The molecule has 1 aliphatic carbocycles. The van der Waals surface area contributed by atoms with Gasteiger partial charge in [0, 0.05) is 5.56 Å². The van der Waals surface area contributed by atoms with Crippen molar-refractivity contribution in [3.8, 4) is 16.9 Å². The summed E-state index contributed by atoms with van der Waals surface area (Å²) in [6.07, 6.45) is 3.10. The molecule has 0 spiro atoms. The van der Waals surface area contributed by atoms with Crippen molar-refractivity contribution in [3.05, 3.63) is 107 Å². The maximum atomic E-state index is 13.6. The highest BCUT2D eigenvalue weighted by Crippen LogP contribution is 2.32. The first-order valence-corrected chi connectivity index (χ1v) is 10.8. The van der Waals surface area contributed by atoms with Gasteiger partial charge < -0.3 is 5.32 Å². The van der Waals surface area contributed by atoms with Crippen molar-refractivity contribution in [2.45, 2.75) is 32.2 Å². The van der Waals surface area contributed by atoms with Gasteiger partial charge in [0.15, 0.2) is 0 Å². The Bertz CT molecular complexity index is 1210. The summed E-state index contributed by atoms with van der Waals surface area (Å²) in [6.45, 7) is 1.97. The molecular weight excluding hydrogens is 382 g/mol. The summed E-state index contributed by atoms with van der Waals surface area (Å²) in [5.41, 5.74) is 6.64. The highest BCUT2D eigenvalue weighted by Gasteiger charge is 2.27. The van der Waals surface area contributed by atoms with Gasteiger partial charge in [0.25, 0.3) is 5.91 Å². The molecule has 0 aliphatic heterocycles. The molecular formula is C27H25N3O. The first-order valence-electron chi connectivity index (χ1n) is 10.8. The van der Waals surface area contributed by atoms with E-state index in [0.29, 0.717) is 11.3 Å². The van der Waals surface area contributed by atoms with Crippen LogP contribution >= 0.6 is 0 Å². The van der Waals surface area contributed by atoms with Crippen LogP contribution in [0, 0.1) is 6.92 Å². The molecule has 1 heterocycles. The van der Waals surface area contributed by atoms with Crippen molar-refractivity contribution in [1.82, 2.24) is 15.1 Å². The third kappa shape index (κ3) is 3.66. The van der Waals surface area contributed by atoms with Crippen LogP contribution in [0.5, 0.6) is 0 Å². The second kappa shape index (κ2) is 8.23. The molecule has 1 amide bonds. The van der Waals surface area contributed by atoms with Crippen LogP contribution < -0.4 is 5.32 Å². The fraction of sp³-hybridized carbons (Fsp3) is 0.185. The van der Waals surface area contributed by atoms with E-state index in [2.05, 4.69) is 29.6 Å². The first-order chi connectivity index (χ1) is 15.2. The second-order valence-corrected chi connectivity index (χ2v) is 8.04. The van der Waals surface area contributed by atoms with E-state index in [-0.39, 0.29) is 11.9 Å². The lowest BCUT2D eigenvalue weighted by atomic mass is 9.87. The molecule has 3 aromatic carbocycles. The monoisotopic (exact) mass is 407 g/mol. The summed E-state index contributed by atoms with van der Waals surface area (Å²) < 4.78 is 1.87. The van der Waals surface area contributed by atoms with Crippen molar-refractivity contribution >= 4 is 5.91 Å². The van der Waals surface area contributed by atoms with Gasteiger partial charge in [0.2, 0.25) is 0 Å². The standard InChI is InChI=1S/C27H25N3O/c1-19-25(27(31)28-24-18-10-14-20-11-8-9-17-23(20)24)26(21-12-4-2-5-13-21)29-30(19)22-15-6-3-7-16-22/h2-9,11-13,15-17,24H,10,14,18H2,1H3,(H,28,31). The van der Waals surface area contributed by atoms with Crippen molar-refractivity contribution in [3.63, 3.8) is 0 Å². The lowest BCUT2D eigenvalue weighted by Crippen LogP contribution is -2.31. The molecule has 0 bridgehead atoms. The van der Waals surface area contributed by atoms with Gasteiger partial charge in [0.05, 0.1) is 23.0 Å². The number of nitrogens with one attached hydrogen (secondary N) is 1. The SMILES string of the molecule is Cc1c(C(=O)NC2CCCc3ccccc32)c(-c2ccccc2)nn1-c1ccccc1. The summed E-state index contributed by atoms with van der Waals surface area (Å²) >= 11 is 0. The van der Waals surface area contributed by atoms with Crippen LogP contribution in [0.3, 0.4) is 0 Å². The molecule has 0 fully saturated rings. The summed E-state index contributed by atoms with van der Waals surface area (Å²) in [7, 11) is 0. The Labute approximate surface area is 182 Å². The Hall–Kier alpha value is -3.66. The third-order valence-corrected chi connectivity index (χ3v) is 6.07. The minimum absolute atomic E-state index is 0.0283. The Morgan fingerprint density at radius 3 is 2.39 bits per heavy atom. The predicted octanol–water partition coefficient (Wildman–Crippen LogP) is 5.66. The zero-order valence-corrected chi connectivity index (χ0v) is 17.6. The van der Waals surface area contributed by atoms with Crippen LogP contribution in [-0.2, 0) is 6.42 Å². The van der Waals surface area contributed by atoms with Crippen molar-refractivity contribution in [2.24, 2.45) is 0 Å². The van der Waals surface area contributed by atoms with Gasteiger partial charge in [-0.05, 0) is 49.4 Å². The van der Waals surface area contributed by atoms with E-state index in [1.54, 1.807) is 0 Å². The van der Waals surface area contributed by atoms with E-state index >= 15 is 0 Å². The molecule has 4 nitrogen and oxygen atoms in total. The van der Waals surface area contributed by atoms with Crippen molar-refractivity contribution in [1.29, 1.82) is 0 Å². The van der Waals surface area contributed by atoms with Crippen LogP contribution in [0.15, 0.2) is 84.9 Å². The molecule has 1 aromatic heterocycles. The number of para-hydroxylation sites is 1. The number of carbonyl (C=O) groups is 1. The molecule has 4 aromatic rings. The summed E-state index contributed by atoms with van der Waals surface area (Å²) in [5, 5.41) is 8.18. The van der Waals surface area contributed by atoms with E-state index in [9.17, 15) is 4.79 Å². The quantitative estimate of drug-likeness (QED) is 0.475. The topological polar surface area (TPSA) is 46.9 Å². The van der Waals surface area contributed by atoms with E-state index in [0.717, 1.165) is 36.2 Å². The fourth-order valence-electron chi connectivity index (χ4n) is 4.53. The van der Waals surface area contributed by atoms with Gasteiger partial charge in [-0.1, -0.05) is 72.8 Å². The van der Waals surface area contributed by atoms with Crippen LogP contribution in [0.4, 0.5) is 0 Å². The van der Waals surface area contributed by atoms with Crippen LogP contribution in [0.2, 0.25) is 0 Å². The first kappa shape index (κ1) is 19.3. The predicted molar refractivity (Wildman–Crippen MR) is 123 cm³/mol. The number of amides is 1. The summed E-state index contributed by atoms with van der Waals surface area (Å²) in [5.74, 6) is -0.0692. The Morgan fingerprint density at radius 2 is 1.61 bits per heavy atom. The number of carbonyl (C=O) groups excluding carboxylic acids is 1. The number of nitrogens with zero attached hydrogens (tertiary/aromatic N) is 2. The van der Waals surface area contributed by atoms with Crippen molar-refractivity contribution < 1.29 is 4.79 Å². The molecule has 1 N–H and O–H groups in total. The van der Waals surface area contributed by atoms with Gasteiger partial charge in [-0.2, -0.15) is 5.10 Å². The number of benzene rings is 3. The maximum absolute atomic E-state index is 13.6. The molecule has 4 heteroatoms. The van der Waals surface area contributed by atoms with Crippen LogP contribution in [0.25, 0.3) is 16.9 Å². The van der Waals surface area contributed by atoms with E-state index in [1.807, 2.05) is 72.3 Å². The molecule has 1 unspecified atom stereocenters. The summed E-state index contributed by atoms with van der Waals surface area (Å²) in [4.78, 5) is 13.6. The van der Waals surface area contributed by atoms with E-state index < -0.39 is 0 Å². The number of rotatable bonds is 4. The number of hydrogen-bond acceptors (Lipinski definition) is 2. The average Bonchev–Trinajstić information content (AvgIpc) is 3.17. The maximum Gasteiger partial charge on any atom is 0.255 e. The molecule has 31 heavy (non-hydrogen) atoms. The van der Waals surface area contributed by atoms with Crippen LogP contribution in [-0.4, -0.2) is 15.7 Å². The minimum Gasteiger partial charge on any atom is -0.345 e. The smallest absolute Gasteiger partial charge is 0.255 e. The van der Waals surface area contributed by atoms with Gasteiger partial charge in [-0.15, -0.1) is 0 Å². The van der Waals surface area contributed by atoms with Crippen molar-refractivity contribution in [2.75, 3.05) is 0 Å². The molecule has 154 valence electrons. The number of aromatic nitrogens is 2. The summed E-state index contributed by atoms with van der Waals surface area (Å²) in [6, 6.07) is 28.4. The number of aryl methyl sites for hydroxylation is 1. The highest BCUT2D eigenvalue weighted by atomic mass is 16.1. The molecule has 0 radical (unpaired) electrons. The fourth-order valence-corrected chi connectivity index (χ4v) is 4.53. The molecule has 5 rings (SSSR count). The lowest BCUT2D eigenvalue weighted by Gasteiger charge is -2.26. The van der Waals surface area contributed by atoms with Crippen LogP contribution in [0.1, 0.15) is 46.1 Å². The Kier molecular flexibility index (Phi) is 5.13. The minimum atomic E-state index is -0.0692. The number of hydrogen-bond donors (Lipinski definition) is 1. The molecule has 0 saturated carbocycles. The van der Waals surface area contributed by atoms with E-state index in [1.165, 1.54) is 11.1 Å². The Balaban J connectivity index is 1.57. The largest absolute Gasteiger partial charge is 0.345 e. The normalized spacial score (nSPS) is 15.3.